The van der Waals surface area contributed by atoms with E-state index in [4.69, 9.17) is 4.74 Å². The second-order valence-corrected chi connectivity index (χ2v) is 9.14. The van der Waals surface area contributed by atoms with Crippen molar-refractivity contribution in [2.75, 3.05) is 18.1 Å². The highest BCUT2D eigenvalue weighted by atomic mass is 32.2. The maximum Gasteiger partial charge on any atom is 0.142 e. The Morgan fingerprint density at radius 3 is 2.71 bits per heavy atom. The molecule has 1 heterocycles. The van der Waals surface area contributed by atoms with E-state index in [2.05, 4.69) is 0 Å². The summed E-state index contributed by atoms with van der Waals surface area (Å²) in [4.78, 5) is 10.4. The molecule has 1 aromatic rings. The summed E-state index contributed by atoms with van der Waals surface area (Å²) in [6, 6.07) is 10.0. The molecule has 0 spiro atoms. The molecule has 1 N–H and O–H groups in total. The van der Waals surface area contributed by atoms with Gasteiger partial charge in [0.05, 0.1) is 23.4 Å². The van der Waals surface area contributed by atoms with Crippen molar-refractivity contribution in [2.45, 2.75) is 42.5 Å². The van der Waals surface area contributed by atoms with Crippen LogP contribution in [0.2, 0.25) is 0 Å². The topological polar surface area (TPSA) is 46.5 Å². The van der Waals surface area contributed by atoms with Gasteiger partial charge in [-0.25, -0.2) is 0 Å². The standard InChI is InChI=1S/C19H26O3S2/c20-11-6-2-5-10-19(23-12-7-13-24-19)14-18(21)16-22-15-17-8-3-1-4-9-17/h1-4,6,8-9,11,18,21H,5,7,10,12-16H2/b6-2+/t18-/m0/s1. The van der Waals surface area contributed by atoms with E-state index in [1.165, 1.54) is 6.42 Å². The van der Waals surface area contributed by atoms with Crippen LogP contribution in [-0.4, -0.2) is 39.7 Å². The fraction of sp³-hybridized carbons (Fsp3) is 0.526. The van der Waals surface area contributed by atoms with Gasteiger partial charge in [0.25, 0.3) is 0 Å². The number of allylic oxidation sites excluding steroid dienone is 2. The van der Waals surface area contributed by atoms with Gasteiger partial charge in [-0.1, -0.05) is 36.4 Å². The van der Waals surface area contributed by atoms with Crippen molar-refractivity contribution >= 4 is 29.8 Å². The number of rotatable bonds is 10. The zero-order valence-electron chi connectivity index (χ0n) is 13.9. The van der Waals surface area contributed by atoms with Crippen molar-refractivity contribution in [2.24, 2.45) is 0 Å². The molecule has 0 saturated carbocycles. The predicted molar refractivity (Wildman–Crippen MR) is 103 cm³/mol. The minimum atomic E-state index is -0.457. The van der Waals surface area contributed by atoms with E-state index in [0.717, 1.165) is 42.6 Å². The summed E-state index contributed by atoms with van der Waals surface area (Å²) in [5, 5.41) is 10.4. The molecule has 1 saturated heterocycles. The third-order valence-corrected chi connectivity index (χ3v) is 7.38. The van der Waals surface area contributed by atoms with Gasteiger partial charge in [-0.15, -0.1) is 23.5 Å². The van der Waals surface area contributed by atoms with Crippen LogP contribution < -0.4 is 0 Å². The van der Waals surface area contributed by atoms with Gasteiger partial charge in [-0.2, -0.15) is 0 Å². The van der Waals surface area contributed by atoms with Crippen molar-refractivity contribution in [3.05, 3.63) is 48.0 Å². The Labute approximate surface area is 153 Å². The van der Waals surface area contributed by atoms with Gasteiger partial charge in [0.15, 0.2) is 0 Å². The van der Waals surface area contributed by atoms with Gasteiger partial charge in [0.2, 0.25) is 0 Å². The molecule has 1 atom stereocenters. The average molecular weight is 367 g/mol. The average Bonchev–Trinajstić information content (AvgIpc) is 2.60. The van der Waals surface area contributed by atoms with Crippen LogP contribution in [0.4, 0.5) is 0 Å². The Bertz CT molecular complexity index is 499. The number of carbonyl (C=O) groups is 1. The van der Waals surface area contributed by atoms with E-state index in [1.54, 1.807) is 6.08 Å². The lowest BCUT2D eigenvalue weighted by atomic mass is 10.1. The number of thioether (sulfide) groups is 2. The van der Waals surface area contributed by atoms with E-state index < -0.39 is 6.10 Å². The molecule has 0 aliphatic carbocycles. The summed E-state index contributed by atoms with van der Waals surface area (Å²) in [5.41, 5.74) is 1.12. The maximum atomic E-state index is 10.4. The molecular formula is C19H26O3S2. The van der Waals surface area contributed by atoms with Crippen molar-refractivity contribution in [1.29, 1.82) is 0 Å². The number of hydrogen-bond donors (Lipinski definition) is 1. The number of benzene rings is 1. The van der Waals surface area contributed by atoms with E-state index in [1.807, 2.05) is 59.9 Å². The smallest absolute Gasteiger partial charge is 0.142 e. The Morgan fingerprint density at radius 1 is 1.25 bits per heavy atom. The van der Waals surface area contributed by atoms with Crippen LogP contribution in [0.3, 0.4) is 0 Å². The quantitative estimate of drug-likeness (QED) is 0.500. The van der Waals surface area contributed by atoms with E-state index >= 15 is 0 Å². The molecule has 0 radical (unpaired) electrons. The fourth-order valence-electron chi connectivity index (χ4n) is 2.74. The van der Waals surface area contributed by atoms with E-state index in [0.29, 0.717) is 13.2 Å². The third-order valence-electron chi connectivity index (χ3n) is 3.89. The molecule has 132 valence electrons. The molecule has 1 fully saturated rings. The molecule has 0 unspecified atom stereocenters. The van der Waals surface area contributed by atoms with Gasteiger partial charge >= 0.3 is 0 Å². The fourth-order valence-corrected chi connectivity index (χ4v) is 6.22. The SMILES string of the molecule is O=C/C=C/CCC1(C[C@H](O)COCc2ccccc2)SCCCS1. The van der Waals surface area contributed by atoms with Crippen LogP contribution in [-0.2, 0) is 16.1 Å². The van der Waals surface area contributed by atoms with E-state index in [-0.39, 0.29) is 4.08 Å². The highest BCUT2D eigenvalue weighted by Gasteiger charge is 2.35. The van der Waals surface area contributed by atoms with Crippen molar-refractivity contribution in [3.8, 4) is 0 Å². The first kappa shape index (κ1) is 19.6. The Kier molecular flexibility index (Phi) is 8.95. The zero-order chi connectivity index (χ0) is 17.1. The van der Waals surface area contributed by atoms with Gasteiger partial charge in [0.1, 0.15) is 6.29 Å². The van der Waals surface area contributed by atoms with Crippen LogP contribution in [0.25, 0.3) is 0 Å². The van der Waals surface area contributed by atoms with Crippen molar-refractivity contribution in [3.63, 3.8) is 0 Å². The van der Waals surface area contributed by atoms with E-state index in [9.17, 15) is 9.90 Å². The normalized spacial score (nSPS) is 18.5. The lowest BCUT2D eigenvalue weighted by Gasteiger charge is -2.37. The summed E-state index contributed by atoms with van der Waals surface area (Å²) in [5.74, 6) is 2.28. The molecule has 3 nitrogen and oxygen atoms in total. The van der Waals surface area contributed by atoms with Crippen LogP contribution in [0, 0.1) is 0 Å². The minimum absolute atomic E-state index is 0.0427. The summed E-state index contributed by atoms with van der Waals surface area (Å²) in [7, 11) is 0. The van der Waals surface area contributed by atoms with Crippen LogP contribution in [0.5, 0.6) is 0 Å². The summed E-state index contributed by atoms with van der Waals surface area (Å²) < 4.78 is 5.72. The maximum absolute atomic E-state index is 10.4. The molecule has 1 aromatic carbocycles. The number of ether oxygens (including phenoxy) is 1. The molecule has 0 bridgehead atoms. The number of aliphatic hydroxyl groups excluding tert-OH is 1. The third kappa shape index (κ3) is 7.01. The van der Waals surface area contributed by atoms with Crippen LogP contribution in [0.15, 0.2) is 42.5 Å². The lowest BCUT2D eigenvalue weighted by molar-refractivity contribution is -0.104. The molecular weight excluding hydrogens is 340 g/mol. The highest BCUT2D eigenvalue weighted by Crippen LogP contribution is 2.48. The zero-order valence-corrected chi connectivity index (χ0v) is 15.6. The molecule has 5 heteroatoms. The predicted octanol–water partition coefficient (Wildman–Crippen LogP) is 4.06. The van der Waals surface area contributed by atoms with Crippen molar-refractivity contribution < 1.29 is 14.6 Å². The van der Waals surface area contributed by atoms with Gasteiger partial charge in [-0.3, -0.25) is 4.79 Å². The highest BCUT2D eigenvalue weighted by molar-refractivity contribution is 8.18. The molecule has 1 aliphatic rings. The minimum Gasteiger partial charge on any atom is -0.391 e. The number of aldehydes is 1. The summed E-state index contributed by atoms with van der Waals surface area (Å²) in [6.45, 7) is 0.898. The molecule has 24 heavy (non-hydrogen) atoms. The first-order valence-corrected chi connectivity index (χ1v) is 10.4. The second kappa shape index (κ2) is 11.0. The van der Waals surface area contributed by atoms with Gasteiger partial charge in [-0.05, 0) is 48.8 Å². The van der Waals surface area contributed by atoms with Crippen LogP contribution in [0.1, 0.15) is 31.2 Å². The molecule has 0 aromatic heterocycles. The second-order valence-electron chi connectivity index (χ2n) is 5.92. The molecule has 2 rings (SSSR count). The number of hydrogen-bond acceptors (Lipinski definition) is 5. The first-order valence-electron chi connectivity index (χ1n) is 8.42. The van der Waals surface area contributed by atoms with Gasteiger partial charge in [0, 0.05) is 0 Å². The monoisotopic (exact) mass is 366 g/mol. The van der Waals surface area contributed by atoms with Crippen LogP contribution >= 0.6 is 23.5 Å². The summed E-state index contributed by atoms with van der Waals surface area (Å²) in [6.07, 6.45) is 7.64. The summed E-state index contributed by atoms with van der Waals surface area (Å²) >= 11 is 3.90. The molecule has 0 amide bonds. The number of aliphatic hydroxyl groups is 1. The number of carbonyl (C=O) groups excluding carboxylic acids is 1. The Morgan fingerprint density at radius 2 is 2.00 bits per heavy atom. The van der Waals surface area contributed by atoms with Gasteiger partial charge < -0.3 is 9.84 Å². The molecule has 1 aliphatic heterocycles. The first-order chi connectivity index (χ1) is 11.7. The Balaban J connectivity index is 1.79. The largest absolute Gasteiger partial charge is 0.391 e. The lowest BCUT2D eigenvalue weighted by Crippen LogP contribution is -2.32. The Hall–Kier alpha value is -0.750. The van der Waals surface area contributed by atoms with Crippen molar-refractivity contribution in [1.82, 2.24) is 0 Å².